The fourth-order valence-electron chi connectivity index (χ4n) is 2.82. The van der Waals surface area contributed by atoms with Gasteiger partial charge in [-0.2, -0.15) is 0 Å². The van der Waals surface area contributed by atoms with Gasteiger partial charge in [0.2, 0.25) is 0 Å². The molecule has 1 saturated carbocycles. The summed E-state index contributed by atoms with van der Waals surface area (Å²) in [6.45, 7) is 0.229. The molecule has 1 aromatic rings. The summed E-state index contributed by atoms with van der Waals surface area (Å²) in [6, 6.07) is 1.72. The van der Waals surface area contributed by atoms with Crippen molar-refractivity contribution in [1.29, 1.82) is 0 Å². The Morgan fingerprint density at radius 1 is 1.38 bits per heavy atom. The summed E-state index contributed by atoms with van der Waals surface area (Å²) in [5.74, 6) is 1.10. The Morgan fingerprint density at radius 3 is 2.57 bits per heavy atom. The molecule has 1 atom stereocenters. The van der Waals surface area contributed by atoms with Crippen LogP contribution in [0.5, 0.6) is 11.5 Å². The molecule has 0 saturated heterocycles. The Labute approximate surface area is 124 Å². The lowest BCUT2D eigenvalue weighted by Crippen LogP contribution is -2.43. The first kappa shape index (κ1) is 15.6. The number of rotatable bonds is 7. The molecule has 1 aliphatic rings. The van der Waals surface area contributed by atoms with Crippen molar-refractivity contribution < 1.29 is 19.0 Å². The van der Waals surface area contributed by atoms with E-state index in [4.69, 9.17) is 19.9 Å². The van der Waals surface area contributed by atoms with E-state index in [9.17, 15) is 4.79 Å². The molecular weight excluding hydrogens is 272 g/mol. The average molecular weight is 294 g/mol. The molecule has 116 valence electrons. The second-order valence-corrected chi connectivity index (χ2v) is 5.30. The fourth-order valence-corrected chi connectivity index (χ4v) is 2.82. The van der Waals surface area contributed by atoms with E-state index in [-0.39, 0.29) is 18.4 Å². The van der Waals surface area contributed by atoms with Crippen LogP contribution in [0.4, 0.5) is 0 Å². The van der Waals surface area contributed by atoms with Crippen molar-refractivity contribution in [3.05, 3.63) is 18.0 Å². The number of nitrogens with zero attached hydrogens (tertiary/aromatic N) is 1. The topological polar surface area (TPSA) is 83.7 Å². The van der Waals surface area contributed by atoms with Crippen molar-refractivity contribution in [3.8, 4) is 11.5 Å². The minimum absolute atomic E-state index is 0.229. The van der Waals surface area contributed by atoms with Crippen molar-refractivity contribution in [1.82, 2.24) is 4.98 Å². The number of esters is 1. The number of ether oxygens (including phenoxy) is 3. The summed E-state index contributed by atoms with van der Waals surface area (Å²) in [5.41, 5.74) is 5.87. The van der Waals surface area contributed by atoms with E-state index in [0.717, 1.165) is 12.8 Å². The van der Waals surface area contributed by atoms with Crippen LogP contribution in [0, 0.1) is 11.3 Å². The summed E-state index contributed by atoms with van der Waals surface area (Å²) in [5, 5.41) is 0. The van der Waals surface area contributed by atoms with Gasteiger partial charge in [0, 0.05) is 25.2 Å². The Hall–Kier alpha value is -1.82. The number of hydrogen-bond donors (Lipinski definition) is 1. The fraction of sp³-hybridized carbons (Fsp3) is 0.600. The van der Waals surface area contributed by atoms with Crippen molar-refractivity contribution >= 4 is 5.97 Å². The first-order valence-corrected chi connectivity index (χ1v) is 6.97. The average Bonchev–Trinajstić information content (AvgIpc) is 3.36. The van der Waals surface area contributed by atoms with Gasteiger partial charge in [-0.25, -0.2) is 0 Å². The third kappa shape index (κ3) is 2.81. The van der Waals surface area contributed by atoms with Gasteiger partial charge in [0.05, 0.1) is 32.4 Å². The maximum atomic E-state index is 12.3. The normalized spacial score (nSPS) is 17.0. The minimum atomic E-state index is -0.735. The van der Waals surface area contributed by atoms with Crippen LogP contribution in [-0.2, 0) is 16.0 Å². The van der Waals surface area contributed by atoms with E-state index >= 15 is 0 Å². The van der Waals surface area contributed by atoms with Crippen LogP contribution in [-0.4, -0.2) is 38.8 Å². The van der Waals surface area contributed by atoms with Gasteiger partial charge in [-0.1, -0.05) is 0 Å². The highest BCUT2D eigenvalue weighted by Crippen LogP contribution is 2.49. The Balaban J connectivity index is 2.39. The predicted molar refractivity (Wildman–Crippen MR) is 77.3 cm³/mol. The van der Waals surface area contributed by atoms with E-state index in [1.165, 1.54) is 7.11 Å². The van der Waals surface area contributed by atoms with Gasteiger partial charge in [0.25, 0.3) is 0 Å². The number of methoxy groups -OCH3 is 3. The molecule has 0 bridgehead atoms. The third-order valence-corrected chi connectivity index (χ3v) is 4.16. The lowest BCUT2D eigenvalue weighted by molar-refractivity contribution is -0.153. The monoisotopic (exact) mass is 294 g/mol. The van der Waals surface area contributed by atoms with Gasteiger partial charge in [-0.3, -0.25) is 9.78 Å². The molecule has 2 N–H and O–H groups in total. The van der Waals surface area contributed by atoms with E-state index in [1.807, 2.05) is 0 Å². The van der Waals surface area contributed by atoms with Crippen molar-refractivity contribution in [2.24, 2.45) is 17.1 Å². The lowest BCUT2D eigenvalue weighted by atomic mass is 9.78. The smallest absolute Gasteiger partial charge is 0.313 e. The molecule has 0 radical (unpaired) electrons. The molecule has 1 unspecified atom stereocenters. The molecule has 0 aromatic carbocycles. The number of hydrogen-bond acceptors (Lipinski definition) is 6. The summed E-state index contributed by atoms with van der Waals surface area (Å²) in [4.78, 5) is 16.7. The molecule has 2 rings (SSSR count). The van der Waals surface area contributed by atoms with E-state index in [1.54, 1.807) is 26.5 Å². The van der Waals surface area contributed by atoms with Gasteiger partial charge in [0.15, 0.2) is 11.5 Å². The van der Waals surface area contributed by atoms with Crippen LogP contribution in [0.25, 0.3) is 0 Å². The number of aromatic nitrogens is 1. The zero-order chi connectivity index (χ0) is 15.5. The molecule has 1 aliphatic carbocycles. The molecule has 1 fully saturated rings. The quantitative estimate of drug-likeness (QED) is 0.760. The van der Waals surface area contributed by atoms with Crippen LogP contribution in [0.3, 0.4) is 0 Å². The maximum absolute atomic E-state index is 12.3. The van der Waals surface area contributed by atoms with Crippen LogP contribution < -0.4 is 15.2 Å². The van der Waals surface area contributed by atoms with Crippen molar-refractivity contribution in [2.75, 3.05) is 27.9 Å². The second-order valence-electron chi connectivity index (χ2n) is 5.30. The molecule has 21 heavy (non-hydrogen) atoms. The van der Waals surface area contributed by atoms with Gasteiger partial charge in [0.1, 0.15) is 0 Å². The van der Waals surface area contributed by atoms with Crippen LogP contribution in [0.2, 0.25) is 0 Å². The SMILES string of the molecule is COC(=O)C(CN)(Cc1nccc(OC)c1OC)C1CC1. The van der Waals surface area contributed by atoms with Gasteiger partial charge >= 0.3 is 5.97 Å². The highest BCUT2D eigenvalue weighted by molar-refractivity contribution is 5.78. The summed E-state index contributed by atoms with van der Waals surface area (Å²) in [6.07, 6.45) is 4.00. The largest absolute Gasteiger partial charge is 0.493 e. The maximum Gasteiger partial charge on any atom is 0.313 e. The van der Waals surface area contributed by atoms with E-state index in [0.29, 0.717) is 23.6 Å². The Bertz CT molecular complexity index is 516. The molecule has 6 nitrogen and oxygen atoms in total. The molecule has 1 heterocycles. The van der Waals surface area contributed by atoms with E-state index in [2.05, 4.69) is 4.98 Å². The van der Waals surface area contributed by atoms with Crippen molar-refractivity contribution in [2.45, 2.75) is 19.3 Å². The summed E-state index contributed by atoms with van der Waals surface area (Å²) >= 11 is 0. The highest BCUT2D eigenvalue weighted by Gasteiger charge is 2.51. The number of carbonyl (C=O) groups is 1. The summed E-state index contributed by atoms with van der Waals surface area (Å²) < 4.78 is 15.7. The number of nitrogens with two attached hydrogens (primary N) is 1. The molecule has 0 aliphatic heterocycles. The zero-order valence-corrected chi connectivity index (χ0v) is 12.7. The van der Waals surface area contributed by atoms with Crippen LogP contribution >= 0.6 is 0 Å². The number of pyridine rings is 1. The standard InChI is InChI=1S/C15H22N2O4/c1-19-12-6-7-17-11(13(12)20-2)8-15(9-16,10-4-5-10)14(18)21-3/h6-7,10H,4-5,8-9,16H2,1-3H3. The highest BCUT2D eigenvalue weighted by atomic mass is 16.5. The molecule has 6 heteroatoms. The second kappa shape index (κ2) is 6.30. The van der Waals surface area contributed by atoms with E-state index < -0.39 is 5.41 Å². The molecule has 0 spiro atoms. The minimum Gasteiger partial charge on any atom is -0.493 e. The van der Waals surface area contributed by atoms with Gasteiger partial charge in [-0.05, 0) is 18.8 Å². The predicted octanol–water partition coefficient (Wildman–Crippen LogP) is 1.17. The first-order chi connectivity index (χ1) is 10.1. The Kier molecular flexibility index (Phi) is 4.67. The van der Waals surface area contributed by atoms with Crippen LogP contribution in [0.1, 0.15) is 18.5 Å². The Morgan fingerprint density at radius 2 is 2.10 bits per heavy atom. The van der Waals surface area contributed by atoms with Crippen molar-refractivity contribution in [3.63, 3.8) is 0 Å². The molecule has 1 aromatic heterocycles. The number of carbonyl (C=O) groups excluding carboxylic acids is 1. The zero-order valence-electron chi connectivity index (χ0n) is 12.7. The van der Waals surface area contributed by atoms with Gasteiger partial charge < -0.3 is 19.9 Å². The molecule has 0 amide bonds. The van der Waals surface area contributed by atoms with Crippen LogP contribution in [0.15, 0.2) is 12.3 Å². The lowest BCUT2D eigenvalue weighted by Gasteiger charge is -2.30. The van der Waals surface area contributed by atoms with Gasteiger partial charge in [-0.15, -0.1) is 0 Å². The first-order valence-electron chi connectivity index (χ1n) is 6.97. The third-order valence-electron chi connectivity index (χ3n) is 4.16. The molecular formula is C15H22N2O4. The summed E-state index contributed by atoms with van der Waals surface area (Å²) in [7, 11) is 4.52.